The molecule has 2 heterocycles. The molecule has 0 aromatic carbocycles. The molecule has 0 aliphatic rings. The molecule has 0 aliphatic carbocycles. The average Bonchev–Trinajstić information content (AvgIpc) is 2.77. The van der Waals surface area contributed by atoms with Gasteiger partial charge in [-0.25, -0.2) is 25.5 Å². The molecular formula is C10H15N7S. The summed E-state index contributed by atoms with van der Waals surface area (Å²) in [6.45, 7) is 2.10. The van der Waals surface area contributed by atoms with Crippen molar-refractivity contribution in [3.8, 4) is 0 Å². The smallest absolute Gasteiger partial charge is 0.192 e. The molecule has 8 heteroatoms. The van der Waals surface area contributed by atoms with Gasteiger partial charge in [0.25, 0.3) is 0 Å². The molecule has 0 aliphatic heterocycles. The third kappa shape index (κ3) is 2.59. The van der Waals surface area contributed by atoms with Crippen molar-refractivity contribution in [1.29, 1.82) is 0 Å². The molecule has 0 bridgehead atoms. The van der Waals surface area contributed by atoms with Crippen LogP contribution >= 0.6 is 11.8 Å². The Morgan fingerprint density at radius 3 is 2.78 bits per heavy atom. The van der Waals surface area contributed by atoms with E-state index < -0.39 is 0 Å². The van der Waals surface area contributed by atoms with Crippen molar-refractivity contribution in [2.45, 2.75) is 29.9 Å². The second-order valence-electron chi connectivity index (χ2n) is 3.67. The third-order valence-corrected chi connectivity index (χ3v) is 3.50. The minimum atomic E-state index is 0.663. The molecule has 0 atom stereocenters. The molecule has 0 amide bonds. The van der Waals surface area contributed by atoms with E-state index in [9.17, 15) is 0 Å². The zero-order chi connectivity index (χ0) is 13.0. The van der Waals surface area contributed by atoms with Crippen LogP contribution in [0.15, 0.2) is 22.8 Å². The Morgan fingerprint density at radius 1 is 1.33 bits per heavy atom. The van der Waals surface area contributed by atoms with Crippen LogP contribution in [0.4, 0.5) is 5.82 Å². The van der Waals surface area contributed by atoms with Gasteiger partial charge in [0.1, 0.15) is 23.5 Å². The number of rotatable bonds is 5. The number of hydrogen-bond donors (Lipinski definition) is 2. The van der Waals surface area contributed by atoms with Gasteiger partial charge < -0.3 is 5.43 Å². The summed E-state index contributed by atoms with van der Waals surface area (Å²) in [5, 5.41) is 5.68. The van der Waals surface area contributed by atoms with Gasteiger partial charge in [-0.05, 0) is 18.2 Å². The fourth-order valence-corrected chi connectivity index (χ4v) is 2.42. The summed E-state index contributed by atoms with van der Waals surface area (Å²) in [5.74, 6) is 6.13. The minimum Gasteiger partial charge on any atom is -0.308 e. The Labute approximate surface area is 109 Å². The molecular weight excluding hydrogens is 250 g/mol. The van der Waals surface area contributed by atoms with Gasteiger partial charge in [0.2, 0.25) is 0 Å². The monoisotopic (exact) mass is 265 g/mol. The average molecular weight is 265 g/mol. The summed E-state index contributed by atoms with van der Waals surface area (Å²) in [6, 6.07) is 0. The highest BCUT2D eigenvalue weighted by atomic mass is 32.2. The fraction of sp³-hybridized carbons (Fsp3) is 0.400. The number of nitrogens with two attached hydrogens (primary N) is 1. The van der Waals surface area contributed by atoms with Gasteiger partial charge in [0.15, 0.2) is 5.16 Å². The van der Waals surface area contributed by atoms with Gasteiger partial charge in [-0.3, -0.25) is 0 Å². The lowest BCUT2D eigenvalue weighted by Gasteiger charge is -2.10. The Kier molecular flexibility index (Phi) is 4.11. The quantitative estimate of drug-likeness (QED) is 0.473. The number of nitrogens with one attached hydrogen (secondary N) is 1. The van der Waals surface area contributed by atoms with E-state index in [1.165, 1.54) is 24.4 Å². The van der Waals surface area contributed by atoms with Crippen LogP contribution in [0.1, 0.15) is 18.9 Å². The van der Waals surface area contributed by atoms with Crippen molar-refractivity contribution in [3.63, 3.8) is 0 Å². The first kappa shape index (κ1) is 12.8. The van der Waals surface area contributed by atoms with Gasteiger partial charge in [0, 0.05) is 12.6 Å². The van der Waals surface area contributed by atoms with Crippen molar-refractivity contribution < 1.29 is 0 Å². The van der Waals surface area contributed by atoms with E-state index in [4.69, 9.17) is 5.84 Å². The standard InChI is InChI=1S/C10H15N7S/c1-3-4-7-8(16-11)12-5-13-9(7)18-10-14-6-15-17(10)2/h5-6H,3-4,11H2,1-2H3,(H,12,13,16). The number of anilines is 1. The van der Waals surface area contributed by atoms with Crippen molar-refractivity contribution in [1.82, 2.24) is 24.7 Å². The maximum atomic E-state index is 5.47. The molecule has 18 heavy (non-hydrogen) atoms. The van der Waals surface area contributed by atoms with E-state index in [2.05, 4.69) is 32.4 Å². The molecule has 96 valence electrons. The van der Waals surface area contributed by atoms with E-state index in [0.717, 1.165) is 28.6 Å². The summed E-state index contributed by atoms with van der Waals surface area (Å²) in [7, 11) is 1.85. The molecule has 7 nitrogen and oxygen atoms in total. The molecule has 0 spiro atoms. The van der Waals surface area contributed by atoms with Crippen molar-refractivity contribution in [3.05, 3.63) is 18.2 Å². The van der Waals surface area contributed by atoms with Crippen molar-refractivity contribution in [2.24, 2.45) is 12.9 Å². The van der Waals surface area contributed by atoms with Crippen LogP contribution in [0.5, 0.6) is 0 Å². The third-order valence-electron chi connectivity index (χ3n) is 2.40. The zero-order valence-electron chi connectivity index (χ0n) is 10.3. The first-order valence-corrected chi connectivity index (χ1v) is 6.40. The second-order valence-corrected chi connectivity index (χ2v) is 4.62. The van der Waals surface area contributed by atoms with Crippen LogP contribution < -0.4 is 11.3 Å². The normalized spacial score (nSPS) is 10.6. The molecule has 0 unspecified atom stereocenters. The minimum absolute atomic E-state index is 0.663. The highest BCUT2D eigenvalue weighted by molar-refractivity contribution is 7.99. The molecule has 2 aromatic heterocycles. The topological polar surface area (TPSA) is 94.5 Å². The molecule has 2 aromatic rings. The van der Waals surface area contributed by atoms with E-state index in [1.807, 2.05) is 7.05 Å². The fourth-order valence-electron chi connectivity index (χ4n) is 1.55. The van der Waals surface area contributed by atoms with E-state index >= 15 is 0 Å². The molecule has 0 saturated heterocycles. The number of aromatic nitrogens is 5. The largest absolute Gasteiger partial charge is 0.308 e. The van der Waals surface area contributed by atoms with Crippen LogP contribution in [0.3, 0.4) is 0 Å². The van der Waals surface area contributed by atoms with Gasteiger partial charge in [-0.1, -0.05) is 13.3 Å². The number of hydrazine groups is 1. The first-order chi connectivity index (χ1) is 8.76. The van der Waals surface area contributed by atoms with Crippen LogP contribution in [0.25, 0.3) is 0 Å². The van der Waals surface area contributed by atoms with E-state index in [1.54, 1.807) is 4.68 Å². The number of nitrogens with zero attached hydrogens (tertiary/aromatic N) is 5. The predicted octanol–water partition coefficient (Wildman–Crippen LogP) is 0.994. The Hall–Kier alpha value is -1.67. The van der Waals surface area contributed by atoms with Crippen LogP contribution in [0.2, 0.25) is 0 Å². The maximum absolute atomic E-state index is 5.47. The predicted molar refractivity (Wildman–Crippen MR) is 69.0 cm³/mol. The summed E-state index contributed by atoms with van der Waals surface area (Å²) in [4.78, 5) is 12.6. The zero-order valence-corrected chi connectivity index (χ0v) is 11.1. The first-order valence-electron chi connectivity index (χ1n) is 5.58. The number of nitrogen functional groups attached to an aromatic ring is 1. The van der Waals surface area contributed by atoms with Gasteiger partial charge in [0.05, 0.1) is 0 Å². The summed E-state index contributed by atoms with van der Waals surface area (Å²) >= 11 is 1.46. The molecule has 0 radical (unpaired) electrons. The van der Waals surface area contributed by atoms with Crippen molar-refractivity contribution >= 4 is 17.6 Å². The van der Waals surface area contributed by atoms with E-state index in [-0.39, 0.29) is 0 Å². The lowest BCUT2D eigenvalue weighted by Crippen LogP contribution is -2.12. The Morgan fingerprint density at radius 2 is 2.17 bits per heavy atom. The SMILES string of the molecule is CCCc1c(NN)ncnc1Sc1ncnn1C. The second kappa shape index (κ2) is 5.78. The van der Waals surface area contributed by atoms with Crippen LogP contribution in [-0.2, 0) is 13.5 Å². The summed E-state index contributed by atoms with van der Waals surface area (Å²) in [6.07, 6.45) is 4.87. The van der Waals surface area contributed by atoms with Gasteiger partial charge >= 0.3 is 0 Å². The highest BCUT2D eigenvalue weighted by Crippen LogP contribution is 2.29. The molecule has 0 saturated carbocycles. The molecule has 3 N–H and O–H groups in total. The van der Waals surface area contributed by atoms with E-state index in [0.29, 0.717) is 5.82 Å². The highest BCUT2D eigenvalue weighted by Gasteiger charge is 2.13. The lowest BCUT2D eigenvalue weighted by atomic mass is 10.2. The summed E-state index contributed by atoms with van der Waals surface area (Å²) in [5.41, 5.74) is 3.62. The lowest BCUT2D eigenvalue weighted by molar-refractivity contribution is 0.684. The van der Waals surface area contributed by atoms with Crippen molar-refractivity contribution in [2.75, 3.05) is 5.43 Å². The Balaban J connectivity index is 2.34. The molecule has 0 fully saturated rings. The number of aryl methyl sites for hydroxylation is 1. The van der Waals surface area contributed by atoms with Crippen LogP contribution in [-0.4, -0.2) is 24.7 Å². The van der Waals surface area contributed by atoms with Gasteiger partial charge in [-0.15, -0.1) is 0 Å². The Bertz CT molecular complexity index is 525. The molecule has 2 rings (SSSR count). The summed E-state index contributed by atoms with van der Waals surface area (Å²) < 4.78 is 1.71. The number of hydrogen-bond acceptors (Lipinski definition) is 7. The van der Waals surface area contributed by atoms with Crippen LogP contribution in [0, 0.1) is 0 Å². The maximum Gasteiger partial charge on any atom is 0.192 e. The van der Waals surface area contributed by atoms with Gasteiger partial charge in [-0.2, -0.15) is 5.10 Å².